The van der Waals surface area contributed by atoms with Gasteiger partial charge in [-0.05, 0) is 40.5 Å². The van der Waals surface area contributed by atoms with Crippen LogP contribution in [-0.2, 0) is 9.47 Å². The van der Waals surface area contributed by atoms with Gasteiger partial charge in [-0.15, -0.1) is 11.3 Å². The van der Waals surface area contributed by atoms with Crippen molar-refractivity contribution in [1.82, 2.24) is 9.88 Å². The van der Waals surface area contributed by atoms with Crippen LogP contribution in [0.3, 0.4) is 0 Å². The van der Waals surface area contributed by atoms with E-state index in [1.807, 2.05) is 33.1 Å². The molecule has 118 valence electrons. The summed E-state index contributed by atoms with van der Waals surface area (Å²) in [6, 6.07) is 0. The van der Waals surface area contributed by atoms with Crippen LogP contribution < -0.4 is 0 Å². The summed E-state index contributed by atoms with van der Waals surface area (Å²) in [5.74, 6) is 0. The third-order valence-corrected chi connectivity index (χ3v) is 4.16. The molecule has 2 heterocycles. The van der Waals surface area contributed by atoms with E-state index in [1.54, 1.807) is 22.4 Å². The Morgan fingerprint density at radius 2 is 2.29 bits per heavy atom. The predicted molar refractivity (Wildman–Crippen MR) is 82.4 cm³/mol. The van der Waals surface area contributed by atoms with Crippen LogP contribution in [0.25, 0.3) is 0 Å². The van der Waals surface area contributed by atoms with E-state index in [2.05, 4.69) is 4.98 Å². The molecule has 1 aromatic heterocycles. The van der Waals surface area contributed by atoms with Crippen LogP contribution in [0.2, 0.25) is 0 Å². The van der Waals surface area contributed by atoms with Crippen molar-refractivity contribution in [3.63, 3.8) is 0 Å². The van der Waals surface area contributed by atoms with Crippen LogP contribution in [0, 0.1) is 0 Å². The quantitative estimate of drug-likeness (QED) is 0.855. The Balaban J connectivity index is 1.87. The maximum Gasteiger partial charge on any atom is 0.410 e. The molecule has 1 amide bonds. The molecule has 0 aliphatic carbocycles. The average molecular weight is 312 g/mol. The van der Waals surface area contributed by atoms with Crippen molar-refractivity contribution in [2.24, 2.45) is 0 Å². The van der Waals surface area contributed by atoms with Crippen molar-refractivity contribution >= 4 is 17.4 Å². The molecule has 1 fully saturated rings. The monoisotopic (exact) mass is 312 g/mol. The Labute approximate surface area is 130 Å². The molecular formula is C15H24N2O3S. The molecule has 1 saturated heterocycles. The topological polar surface area (TPSA) is 51.7 Å². The smallest absolute Gasteiger partial charge is 0.410 e. The summed E-state index contributed by atoms with van der Waals surface area (Å²) in [6.07, 6.45) is 3.45. The SMILES string of the molecule is C[C@H](O[C@H]1CCCN(C(=O)OC(C)(C)C)C1)c1nccs1. The van der Waals surface area contributed by atoms with E-state index in [0.29, 0.717) is 6.54 Å². The van der Waals surface area contributed by atoms with E-state index >= 15 is 0 Å². The normalized spacial score (nSPS) is 21.1. The van der Waals surface area contributed by atoms with E-state index in [0.717, 1.165) is 24.4 Å². The van der Waals surface area contributed by atoms with Gasteiger partial charge in [0.25, 0.3) is 0 Å². The summed E-state index contributed by atoms with van der Waals surface area (Å²) in [7, 11) is 0. The summed E-state index contributed by atoms with van der Waals surface area (Å²) in [4.78, 5) is 18.1. The highest BCUT2D eigenvalue weighted by Crippen LogP contribution is 2.25. The Morgan fingerprint density at radius 1 is 1.52 bits per heavy atom. The minimum atomic E-state index is -0.459. The van der Waals surface area contributed by atoms with Crippen molar-refractivity contribution in [2.75, 3.05) is 13.1 Å². The molecule has 0 N–H and O–H groups in total. The number of likely N-dealkylation sites (tertiary alicyclic amines) is 1. The molecule has 5 nitrogen and oxygen atoms in total. The number of thiazole rings is 1. The van der Waals surface area contributed by atoms with E-state index in [9.17, 15) is 4.79 Å². The minimum Gasteiger partial charge on any atom is -0.444 e. The molecular weight excluding hydrogens is 288 g/mol. The van der Waals surface area contributed by atoms with Crippen LogP contribution in [0.15, 0.2) is 11.6 Å². The van der Waals surface area contributed by atoms with Gasteiger partial charge in [-0.25, -0.2) is 9.78 Å². The lowest BCUT2D eigenvalue weighted by molar-refractivity contribution is -0.0485. The van der Waals surface area contributed by atoms with Gasteiger partial charge in [0.2, 0.25) is 0 Å². The molecule has 0 aromatic carbocycles. The van der Waals surface area contributed by atoms with E-state index in [4.69, 9.17) is 9.47 Å². The fourth-order valence-corrected chi connectivity index (χ4v) is 2.95. The lowest BCUT2D eigenvalue weighted by atomic mass is 10.1. The molecule has 6 heteroatoms. The highest BCUT2D eigenvalue weighted by atomic mass is 32.1. The van der Waals surface area contributed by atoms with Gasteiger partial charge in [-0.3, -0.25) is 0 Å². The number of carbonyl (C=O) groups excluding carboxylic acids is 1. The number of hydrogen-bond donors (Lipinski definition) is 0. The second-order valence-corrected chi connectivity index (χ2v) is 7.27. The third kappa shape index (κ3) is 4.97. The number of aromatic nitrogens is 1. The molecule has 0 saturated carbocycles. The first-order valence-electron chi connectivity index (χ1n) is 7.38. The predicted octanol–water partition coefficient (Wildman–Crippen LogP) is 3.62. The molecule has 2 atom stereocenters. The van der Waals surface area contributed by atoms with Gasteiger partial charge >= 0.3 is 6.09 Å². The van der Waals surface area contributed by atoms with Gasteiger partial charge in [-0.1, -0.05) is 0 Å². The number of nitrogens with zero attached hydrogens (tertiary/aromatic N) is 2. The Kier molecular flexibility index (Phi) is 5.22. The summed E-state index contributed by atoms with van der Waals surface area (Å²) in [5.41, 5.74) is -0.459. The zero-order valence-electron chi connectivity index (χ0n) is 13.2. The van der Waals surface area contributed by atoms with Crippen LogP contribution in [0.4, 0.5) is 4.79 Å². The van der Waals surface area contributed by atoms with E-state index in [1.165, 1.54) is 0 Å². The van der Waals surface area contributed by atoms with Crippen LogP contribution in [0.1, 0.15) is 51.6 Å². The van der Waals surface area contributed by atoms with Crippen molar-refractivity contribution < 1.29 is 14.3 Å². The van der Waals surface area contributed by atoms with E-state index < -0.39 is 5.60 Å². The van der Waals surface area contributed by atoms with Gasteiger partial charge in [0.15, 0.2) is 0 Å². The maximum absolute atomic E-state index is 12.1. The molecule has 1 aliphatic heterocycles. The fourth-order valence-electron chi connectivity index (χ4n) is 2.32. The molecule has 2 rings (SSSR count). The fraction of sp³-hybridized carbons (Fsp3) is 0.733. The van der Waals surface area contributed by atoms with Crippen LogP contribution >= 0.6 is 11.3 Å². The zero-order valence-corrected chi connectivity index (χ0v) is 14.0. The molecule has 0 radical (unpaired) electrons. The first-order valence-corrected chi connectivity index (χ1v) is 8.26. The largest absolute Gasteiger partial charge is 0.444 e. The second-order valence-electron chi connectivity index (χ2n) is 6.34. The lowest BCUT2D eigenvalue weighted by Crippen LogP contribution is -2.45. The standard InChI is InChI=1S/C15H24N2O3S/c1-11(13-16-7-9-21-13)19-12-6-5-8-17(10-12)14(18)20-15(2,3)4/h7,9,11-12H,5-6,8,10H2,1-4H3/t11-,12-/m0/s1. The first kappa shape index (κ1) is 16.2. The van der Waals surface area contributed by atoms with Crippen molar-refractivity contribution in [3.8, 4) is 0 Å². The Hall–Kier alpha value is -1.14. The minimum absolute atomic E-state index is 0.0337. The molecule has 0 spiro atoms. The average Bonchev–Trinajstić information content (AvgIpc) is 2.91. The van der Waals surface area contributed by atoms with Crippen molar-refractivity contribution in [2.45, 2.75) is 58.3 Å². The van der Waals surface area contributed by atoms with E-state index in [-0.39, 0.29) is 18.3 Å². The molecule has 1 aliphatic rings. The molecule has 0 bridgehead atoms. The first-order chi connectivity index (χ1) is 9.85. The highest BCUT2D eigenvalue weighted by Gasteiger charge is 2.29. The zero-order chi connectivity index (χ0) is 15.5. The number of amides is 1. The summed E-state index contributed by atoms with van der Waals surface area (Å²) in [6.45, 7) is 8.98. The molecule has 21 heavy (non-hydrogen) atoms. The van der Waals surface area contributed by atoms with Gasteiger partial charge < -0.3 is 14.4 Å². The highest BCUT2D eigenvalue weighted by molar-refractivity contribution is 7.09. The van der Waals surface area contributed by atoms with Gasteiger partial charge in [-0.2, -0.15) is 0 Å². The van der Waals surface area contributed by atoms with Crippen LogP contribution in [0.5, 0.6) is 0 Å². The molecule has 1 aromatic rings. The Bertz CT molecular complexity index is 456. The number of ether oxygens (including phenoxy) is 2. The summed E-state index contributed by atoms with van der Waals surface area (Å²) >= 11 is 1.59. The van der Waals surface area contributed by atoms with Gasteiger partial charge in [0.1, 0.15) is 16.7 Å². The second kappa shape index (κ2) is 6.75. The van der Waals surface area contributed by atoms with Crippen LogP contribution in [-0.4, -0.2) is 40.8 Å². The van der Waals surface area contributed by atoms with Gasteiger partial charge in [0.05, 0.1) is 12.6 Å². The van der Waals surface area contributed by atoms with Gasteiger partial charge in [0, 0.05) is 18.1 Å². The Morgan fingerprint density at radius 3 is 2.90 bits per heavy atom. The molecule has 0 unspecified atom stereocenters. The van der Waals surface area contributed by atoms with Crippen molar-refractivity contribution in [1.29, 1.82) is 0 Å². The number of piperidine rings is 1. The summed E-state index contributed by atoms with van der Waals surface area (Å²) < 4.78 is 11.5. The third-order valence-electron chi connectivity index (χ3n) is 3.23. The number of rotatable bonds is 3. The van der Waals surface area contributed by atoms with Crippen molar-refractivity contribution in [3.05, 3.63) is 16.6 Å². The maximum atomic E-state index is 12.1. The lowest BCUT2D eigenvalue weighted by Gasteiger charge is -2.34. The number of carbonyl (C=O) groups is 1. The number of hydrogen-bond acceptors (Lipinski definition) is 5. The summed E-state index contributed by atoms with van der Waals surface area (Å²) in [5, 5.41) is 2.92.